The van der Waals surface area contributed by atoms with Crippen molar-refractivity contribution < 1.29 is 18.7 Å². The van der Waals surface area contributed by atoms with E-state index in [1.165, 1.54) is 12.1 Å². The summed E-state index contributed by atoms with van der Waals surface area (Å²) in [6, 6.07) is 7.75. The number of carbonyl (C=O) groups excluding carboxylic acids is 1. The molecule has 0 bridgehead atoms. The molecule has 0 radical (unpaired) electrons. The lowest BCUT2D eigenvalue weighted by Gasteiger charge is -2.26. The molecule has 0 N–H and O–H groups in total. The molecule has 1 amide bonds. The quantitative estimate of drug-likeness (QED) is 0.794. The zero-order valence-corrected chi connectivity index (χ0v) is 16.4. The minimum Gasteiger partial charge on any atom is -0.481 e. The molecule has 2 unspecified atom stereocenters. The number of hydrogen-bond donors (Lipinski definition) is 0. The largest absolute Gasteiger partial charge is 0.481 e. The van der Waals surface area contributed by atoms with Gasteiger partial charge < -0.3 is 14.4 Å². The molecule has 2 aliphatic heterocycles. The van der Waals surface area contributed by atoms with Gasteiger partial charge >= 0.3 is 0 Å². The number of amides is 1. The number of aliphatic imine (C=N–C) groups is 1. The van der Waals surface area contributed by atoms with Gasteiger partial charge in [-0.05, 0) is 36.4 Å². The number of methoxy groups -OCH3 is 1. The Morgan fingerprint density at radius 3 is 2.62 bits per heavy atom. The second kappa shape index (κ2) is 8.16. The number of nitrogens with zero attached hydrogens (tertiary/aromatic N) is 4. The van der Waals surface area contributed by atoms with E-state index in [1.807, 2.05) is 13.0 Å². The van der Waals surface area contributed by atoms with Crippen LogP contribution in [0.2, 0.25) is 0 Å². The highest BCUT2D eigenvalue weighted by atomic mass is 19.1. The predicted octanol–water partition coefficient (Wildman–Crippen LogP) is 2.91. The summed E-state index contributed by atoms with van der Waals surface area (Å²) in [6.07, 6.45) is 3.69. The van der Waals surface area contributed by atoms with Crippen LogP contribution in [-0.2, 0) is 9.47 Å². The molecular formula is C21H23FN4O3. The molecule has 1 saturated heterocycles. The summed E-state index contributed by atoms with van der Waals surface area (Å²) in [5.41, 5.74) is 1.87. The molecular weight excluding hydrogens is 375 g/mol. The van der Waals surface area contributed by atoms with E-state index in [9.17, 15) is 9.18 Å². The zero-order chi connectivity index (χ0) is 20.4. The fourth-order valence-electron chi connectivity index (χ4n) is 3.55. The number of rotatable bonds is 4. The standard InChI is InChI=1S/C21H23FN4O3/c1-14-11-20(28-2)23-13-19(14)26-18(15-3-5-16(22)6-4-15)12-17(24-26)21(27)25-7-9-29-10-8-25/h3-6,11-14,19H,7-10H2,1-2H3. The molecule has 29 heavy (non-hydrogen) atoms. The third kappa shape index (κ3) is 3.93. The summed E-state index contributed by atoms with van der Waals surface area (Å²) in [7, 11) is 1.58. The second-order valence-corrected chi connectivity index (χ2v) is 7.11. The number of allylic oxidation sites excluding steroid dienone is 1. The molecule has 0 saturated carbocycles. The van der Waals surface area contributed by atoms with Gasteiger partial charge in [-0.1, -0.05) is 6.92 Å². The summed E-state index contributed by atoms with van der Waals surface area (Å²) in [5.74, 6) is 0.148. The van der Waals surface area contributed by atoms with E-state index in [0.29, 0.717) is 37.9 Å². The van der Waals surface area contributed by atoms with E-state index in [0.717, 1.165) is 11.3 Å². The van der Waals surface area contributed by atoms with Crippen molar-refractivity contribution in [3.05, 3.63) is 53.8 Å². The van der Waals surface area contributed by atoms with E-state index in [-0.39, 0.29) is 23.7 Å². The summed E-state index contributed by atoms with van der Waals surface area (Å²) < 4.78 is 25.8. The van der Waals surface area contributed by atoms with Gasteiger partial charge in [0.25, 0.3) is 5.91 Å². The minimum absolute atomic E-state index is 0.0490. The Morgan fingerprint density at radius 1 is 1.24 bits per heavy atom. The smallest absolute Gasteiger partial charge is 0.274 e. The number of hydrogen-bond acceptors (Lipinski definition) is 5. The number of morpholine rings is 1. The third-order valence-electron chi connectivity index (χ3n) is 5.18. The lowest BCUT2D eigenvalue weighted by atomic mass is 10.0. The van der Waals surface area contributed by atoms with Crippen molar-refractivity contribution in [2.45, 2.75) is 13.0 Å². The van der Waals surface area contributed by atoms with E-state index < -0.39 is 0 Å². The lowest BCUT2D eigenvalue weighted by molar-refractivity contribution is 0.0298. The van der Waals surface area contributed by atoms with E-state index in [4.69, 9.17) is 9.47 Å². The van der Waals surface area contributed by atoms with Crippen LogP contribution in [0.3, 0.4) is 0 Å². The van der Waals surface area contributed by atoms with Gasteiger partial charge in [-0.2, -0.15) is 5.10 Å². The Labute approximate surface area is 168 Å². The first-order valence-corrected chi connectivity index (χ1v) is 9.59. The van der Waals surface area contributed by atoms with E-state index in [1.54, 1.807) is 41.1 Å². The fraction of sp³-hybridized carbons (Fsp3) is 0.381. The van der Waals surface area contributed by atoms with Crippen LogP contribution in [0.1, 0.15) is 23.5 Å². The van der Waals surface area contributed by atoms with Crippen molar-refractivity contribution in [2.75, 3.05) is 33.4 Å². The highest BCUT2D eigenvalue weighted by Gasteiger charge is 2.28. The second-order valence-electron chi connectivity index (χ2n) is 7.11. The van der Waals surface area contributed by atoms with Gasteiger partial charge in [0.05, 0.1) is 32.1 Å². The molecule has 7 nitrogen and oxygen atoms in total. The Balaban J connectivity index is 1.73. The zero-order valence-electron chi connectivity index (χ0n) is 16.4. The molecule has 0 aliphatic carbocycles. The molecule has 2 aliphatic rings. The molecule has 0 spiro atoms. The number of carbonyl (C=O) groups is 1. The maximum Gasteiger partial charge on any atom is 0.274 e. The van der Waals surface area contributed by atoms with Crippen LogP contribution in [0.15, 0.2) is 47.3 Å². The van der Waals surface area contributed by atoms with Gasteiger partial charge in [0.1, 0.15) is 5.82 Å². The summed E-state index contributed by atoms with van der Waals surface area (Å²) in [6.45, 7) is 4.16. The van der Waals surface area contributed by atoms with Gasteiger partial charge in [0.2, 0.25) is 5.88 Å². The van der Waals surface area contributed by atoms with E-state index >= 15 is 0 Å². The van der Waals surface area contributed by atoms with Crippen LogP contribution in [0.25, 0.3) is 11.3 Å². The van der Waals surface area contributed by atoms with Crippen LogP contribution in [0.4, 0.5) is 4.39 Å². The van der Waals surface area contributed by atoms with E-state index in [2.05, 4.69) is 10.1 Å². The Morgan fingerprint density at radius 2 is 1.97 bits per heavy atom. The molecule has 2 aromatic rings. The molecule has 3 heterocycles. The minimum atomic E-state index is -0.315. The van der Waals surface area contributed by atoms with Gasteiger partial charge in [0, 0.05) is 30.8 Å². The van der Waals surface area contributed by atoms with Crippen LogP contribution in [0.5, 0.6) is 0 Å². The molecule has 1 aromatic heterocycles. The molecule has 4 rings (SSSR count). The molecule has 8 heteroatoms. The number of aromatic nitrogens is 2. The fourth-order valence-corrected chi connectivity index (χ4v) is 3.55. The SMILES string of the molecule is COC1=CC(C)C(n2nc(C(=O)N3CCOCC3)cc2-c2ccc(F)cc2)C=N1. The highest BCUT2D eigenvalue weighted by Crippen LogP contribution is 2.30. The monoisotopic (exact) mass is 398 g/mol. The molecule has 2 atom stereocenters. The molecule has 1 aromatic carbocycles. The first kappa shape index (κ1) is 19.3. The average Bonchev–Trinajstić information content (AvgIpc) is 3.19. The Hall–Kier alpha value is -3.00. The summed E-state index contributed by atoms with van der Waals surface area (Å²) in [4.78, 5) is 19.1. The van der Waals surface area contributed by atoms with Gasteiger partial charge in [0.15, 0.2) is 5.69 Å². The third-order valence-corrected chi connectivity index (χ3v) is 5.18. The van der Waals surface area contributed by atoms with Crippen LogP contribution < -0.4 is 0 Å². The predicted molar refractivity (Wildman–Crippen MR) is 106 cm³/mol. The first-order valence-electron chi connectivity index (χ1n) is 9.59. The maximum absolute atomic E-state index is 13.4. The van der Waals surface area contributed by atoms with Crippen molar-refractivity contribution in [3.8, 4) is 11.3 Å². The van der Waals surface area contributed by atoms with Gasteiger partial charge in [-0.25, -0.2) is 9.38 Å². The molecule has 152 valence electrons. The number of ether oxygens (including phenoxy) is 2. The number of halogens is 1. The Bertz CT molecular complexity index is 945. The van der Waals surface area contributed by atoms with Crippen LogP contribution in [0, 0.1) is 11.7 Å². The topological polar surface area (TPSA) is 69.0 Å². The van der Waals surface area contributed by atoms with Gasteiger partial charge in [-0.15, -0.1) is 0 Å². The normalized spacial score (nSPS) is 21.8. The van der Waals surface area contributed by atoms with Crippen molar-refractivity contribution in [3.63, 3.8) is 0 Å². The van der Waals surface area contributed by atoms with Crippen molar-refractivity contribution in [1.29, 1.82) is 0 Å². The van der Waals surface area contributed by atoms with Crippen molar-refractivity contribution in [2.24, 2.45) is 10.9 Å². The summed E-state index contributed by atoms with van der Waals surface area (Å²) >= 11 is 0. The number of benzene rings is 1. The Kier molecular flexibility index (Phi) is 5.44. The van der Waals surface area contributed by atoms with Crippen LogP contribution >= 0.6 is 0 Å². The summed E-state index contributed by atoms with van der Waals surface area (Å²) in [5, 5.41) is 4.64. The van der Waals surface area contributed by atoms with Crippen LogP contribution in [-0.4, -0.2) is 60.2 Å². The maximum atomic E-state index is 13.4. The van der Waals surface area contributed by atoms with Gasteiger partial charge in [-0.3, -0.25) is 9.48 Å². The average molecular weight is 398 g/mol. The molecule has 1 fully saturated rings. The lowest BCUT2D eigenvalue weighted by Crippen LogP contribution is -2.41. The van der Waals surface area contributed by atoms with Crippen molar-refractivity contribution >= 4 is 12.1 Å². The highest BCUT2D eigenvalue weighted by molar-refractivity contribution is 5.93. The first-order chi connectivity index (χ1) is 14.1. The van der Waals surface area contributed by atoms with Crippen molar-refractivity contribution in [1.82, 2.24) is 14.7 Å².